The lowest BCUT2D eigenvalue weighted by atomic mass is 9.71. The molecule has 2 aliphatic heterocycles. The van der Waals surface area contributed by atoms with E-state index in [1.807, 2.05) is 41.0 Å². The number of nitrogens with zero attached hydrogens (tertiary/aromatic N) is 3. The molecule has 0 aromatic heterocycles. The van der Waals surface area contributed by atoms with Crippen LogP contribution in [0.5, 0.6) is 0 Å². The summed E-state index contributed by atoms with van der Waals surface area (Å²) in [6, 6.07) is 12.9. The van der Waals surface area contributed by atoms with Gasteiger partial charge in [0.15, 0.2) is 0 Å². The highest BCUT2D eigenvalue weighted by molar-refractivity contribution is 5.95. The lowest BCUT2D eigenvalue weighted by Crippen LogP contribution is -2.47. The van der Waals surface area contributed by atoms with Crippen LogP contribution in [0.1, 0.15) is 39.9 Å². The Bertz CT molecular complexity index is 1090. The number of halogens is 3. The van der Waals surface area contributed by atoms with Gasteiger partial charge in [-0.3, -0.25) is 4.79 Å². The fourth-order valence-electron chi connectivity index (χ4n) is 5.25. The smallest absolute Gasteiger partial charge is 0.396 e. The van der Waals surface area contributed by atoms with Gasteiger partial charge in [0.1, 0.15) is 0 Å². The number of hydrogen-bond acceptors (Lipinski definition) is 4. The van der Waals surface area contributed by atoms with E-state index in [9.17, 15) is 23.1 Å². The molecule has 0 aliphatic carbocycles. The molecule has 2 aromatic rings. The Balaban J connectivity index is 1.52. The minimum atomic E-state index is -4.61. The van der Waals surface area contributed by atoms with Gasteiger partial charge in [0.05, 0.1) is 17.2 Å². The largest absolute Gasteiger partial charge is 0.417 e. The van der Waals surface area contributed by atoms with Crippen LogP contribution in [0.2, 0.25) is 0 Å². The fraction of sp³-hybridized carbons (Fsp3) is 0.440. The van der Waals surface area contributed by atoms with Crippen LogP contribution >= 0.6 is 0 Å². The first-order valence-corrected chi connectivity index (χ1v) is 11.0. The number of carbonyl (C=O) groups is 1. The molecule has 2 fully saturated rings. The first kappa shape index (κ1) is 23.1. The SMILES string of the molecule is Cc1ccccc1C(=O)N1CCC2(CC1)CN(c1ccc(C#N)c(C(F)(F)F)c1)CC2CO. The number of amides is 1. The molecule has 8 heteroatoms. The Hall–Kier alpha value is -3.05. The molecule has 174 valence electrons. The Labute approximate surface area is 191 Å². The van der Waals surface area contributed by atoms with Crippen molar-refractivity contribution in [3.8, 4) is 6.07 Å². The van der Waals surface area contributed by atoms with Crippen molar-refractivity contribution in [3.05, 3.63) is 64.7 Å². The molecule has 0 saturated carbocycles. The molecule has 0 bridgehead atoms. The summed E-state index contributed by atoms with van der Waals surface area (Å²) in [7, 11) is 0. The van der Waals surface area contributed by atoms with Crippen molar-refractivity contribution in [2.75, 3.05) is 37.7 Å². The van der Waals surface area contributed by atoms with Crippen molar-refractivity contribution < 1.29 is 23.1 Å². The van der Waals surface area contributed by atoms with Gasteiger partial charge >= 0.3 is 6.18 Å². The van der Waals surface area contributed by atoms with Crippen molar-refractivity contribution in [3.63, 3.8) is 0 Å². The third-order valence-electron chi connectivity index (χ3n) is 7.25. The number of rotatable bonds is 3. The van der Waals surface area contributed by atoms with E-state index >= 15 is 0 Å². The third kappa shape index (κ3) is 4.30. The van der Waals surface area contributed by atoms with E-state index in [0.717, 1.165) is 11.6 Å². The van der Waals surface area contributed by atoms with Crippen molar-refractivity contribution in [2.24, 2.45) is 11.3 Å². The summed E-state index contributed by atoms with van der Waals surface area (Å²) in [5.74, 6) is -0.113. The summed E-state index contributed by atoms with van der Waals surface area (Å²) in [5, 5.41) is 19.1. The zero-order valence-corrected chi connectivity index (χ0v) is 18.4. The minimum Gasteiger partial charge on any atom is -0.396 e. The summed E-state index contributed by atoms with van der Waals surface area (Å²) in [4.78, 5) is 16.7. The van der Waals surface area contributed by atoms with Crippen molar-refractivity contribution in [1.29, 1.82) is 5.26 Å². The van der Waals surface area contributed by atoms with E-state index in [4.69, 9.17) is 5.26 Å². The molecule has 1 spiro atoms. The van der Waals surface area contributed by atoms with Crippen LogP contribution in [0, 0.1) is 29.6 Å². The second-order valence-electron chi connectivity index (χ2n) is 9.07. The highest BCUT2D eigenvalue weighted by atomic mass is 19.4. The van der Waals surface area contributed by atoms with Gasteiger partial charge in [0.25, 0.3) is 5.91 Å². The second-order valence-corrected chi connectivity index (χ2v) is 9.07. The molecule has 1 unspecified atom stereocenters. The molecule has 4 rings (SSSR count). The number of carbonyl (C=O) groups excluding carboxylic acids is 1. The van der Waals surface area contributed by atoms with E-state index in [1.54, 1.807) is 6.07 Å². The Morgan fingerprint density at radius 3 is 2.52 bits per heavy atom. The zero-order valence-electron chi connectivity index (χ0n) is 18.4. The van der Waals surface area contributed by atoms with E-state index in [0.29, 0.717) is 50.3 Å². The number of benzene rings is 2. The fourth-order valence-corrected chi connectivity index (χ4v) is 5.25. The molecule has 2 aliphatic rings. The van der Waals surface area contributed by atoms with Crippen molar-refractivity contribution in [2.45, 2.75) is 25.9 Å². The summed E-state index contributed by atoms with van der Waals surface area (Å²) < 4.78 is 40.3. The van der Waals surface area contributed by atoms with E-state index in [2.05, 4.69) is 0 Å². The number of aliphatic hydroxyl groups excluding tert-OH is 1. The highest BCUT2D eigenvalue weighted by Gasteiger charge is 2.48. The van der Waals surface area contributed by atoms with Gasteiger partial charge in [0, 0.05) is 50.0 Å². The van der Waals surface area contributed by atoms with Gasteiger partial charge in [-0.1, -0.05) is 18.2 Å². The molecule has 1 amide bonds. The number of anilines is 1. The maximum Gasteiger partial charge on any atom is 0.417 e. The molecule has 33 heavy (non-hydrogen) atoms. The molecule has 5 nitrogen and oxygen atoms in total. The molecule has 2 saturated heterocycles. The van der Waals surface area contributed by atoms with Gasteiger partial charge in [-0.15, -0.1) is 0 Å². The molecule has 2 heterocycles. The van der Waals surface area contributed by atoms with Crippen LogP contribution in [0.15, 0.2) is 42.5 Å². The normalized spacial score (nSPS) is 20.2. The van der Waals surface area contributed by atoms with E-state index in [1.165, 1.54) is 12.1 Å². The van der Waals surface area contributed by atoms with Crippen LogP contribution in [-0.4, -0.2) is 48.7 Å². The van der Waals surface area contributed by atoms with Crippen molar-refractivity contribution >= 4 is 11.6 Å². The standard InChI is InChI=1S/C25H26F3N3O2/c1-17-4-2-3-5-21(17)23(33)30-10-8-24(9-11-30)16-31(14-19(24)15-32)20-7-6-18(13-29)22(12-20)25(26,27)28/h2-7,12,19,32H,8-11,14-16H2,1H3. The topological polar surface area (TPSA) is 67.6 Å². The summed E-state index contributed by atoms with van der Waals surface area (Å²) in [6.45, 7) is 3.86. The number of piperidine rings is 1. The minimum absolute atomic E-state index is 0.0136. The first-order chi connectivity index (χ1) is 15.7. The number of alkyl halides is 3. The van der Waals surface area contributed by atoms with Crippen LogP contribution < -0.4 is 4.90 Å². The molecular weight excluding hydrogens is 431 g/mol. The molecule has 2 aromatic carbocycles. The number of aliphatic hydroxyl groups is 1. The molecule has 1 atom stereocenters. The van der Waals surface area contributed by atoms with E-state index < -0.39 is 17.3 Å². The zero-order chi connectivity index (χ0) is 23.8. The predicted octanol–water partition coefficient (Wildman–Crippen LogP) is 4.24. The third-order valence-corrected chi connectivity index (χ3v) is 7.25. The Morgan fingerprint density at radius 2 is 1.91 bits per heavy atom. The van der Waals surface area contributed by atoms with Gasteiger partial charge in [0.2, 0.25) is 0 Å². The maximum atomic E-state index is 13.4. The Kier molecular flexibility index (Phi) is 6.10. The molecule has 0 radical (unpaired) electrons. The van der Waals surface area contributed by atoms with Crippen LogP contribution in [0.4, 0.5) is 18.9 Å². The average molecular weight is 457 g/mol. The van der Waals surface area contributed by atoms with Crippen molar-refractivity contribution in [1.82, 2.24) is 4.90 Å². The van der Waals surface area contributed by atoms with Crippen LogP contribution in [-0.2, 0) is 6.18 Å². The molecule has 1 N–H and O–H groups in total. The second kappa shape index (κ2) is 8.71. The van der Waals surface area contributed by atoms with Gasteiger partial charge in [-0.2, -0.15) is 18.4 Å². The lowest BCUT2D eigenvalue weighted by molar-refractivity contribution is -0.137. The average Bonchev–Trinajstić information content (AvgIpc) is 3.16. The number of aryl methyl sites for hydroxylation is 1. The number of nitriles is 1. The van der Waals surface area contributed by atoms with Gasteiger partial charge in [-0.05, 0) is 55.0 Å². The summed E-state index contributed by atoms with van der Waals surface area (Å²) in [5.41, 5.74) is 0.380. The highest BCUT2D eigenvalue weighted by Crippen LogP contribution is 2.46. The Morgan fingerprint density at radius 1 is 1.21 bits per heavy atom. The van der Waals surface area contributed by atoms with Crippen LogP contribution in [0.25, 0.3) is 0 Å². The number of likely N-dealkylation sites (tertiary alicyclic amines) is 1. The summed E-state index contributed by atoms with van der Waals surface area (Å²) >= 11 is 0. The molecular formula is C25H26F3N3O2. The van der Waals surface area contributed by atoms with Crippen LogP contribution in [0.3, 0.4) is 0 Å². The first-order valence-electron chi connectivity index (χ1n) is 11.0. The number of hydrogen-bond donors (Lipinski definition) is 1. The monoisotopic (exact) mass is 457 g/mol. The van der Waals surface area contributed by atoms with Gasteiger partial charge in [-0.25, -0.2) is 0 Å². The summed E-state index contributed by atoms with van der Waals surface area (Å²) in [6.07, 6.45) is -3.26. The lowest BCUT2D eigenvalue weighted by Gasteiger charge is -2.42. The maximum absolute atomic E-state index is 13.4. The predicted molar refractivity (Wildman–Crippen MR) is 118 cm³/mol. The van der Waals surface area contributed by atoms with E-state index in [-0.39, 0.29) is 23.8 Å². The van der Waals surface area contributed by atoms with Gasteiger partial charge < -0.3 is 14.9 Å². The quantitative estimate of drug-likeness (QED) is 0.749.